The van der Waals surface area contributed by atoms with Gasteiger partial charge >= 0.3 is 0 Å². The molecule has 0 saturated heterocycles. The van der Waals surface area contributed by atoms with E-state index in [1.54, 1.807) is 6.20 Å². The largest absolute Gasteiger partial charge is 0.364 e. The van der Waals surface area contributed by atoms with Gasteiger partial charge in [-0.05, 0) is 13.0 Å². The van der Waals surface area contributed by atoms with Crippen molar-refractivity contribution in [3.63, 3.8) is 0 Å². The second-order valence-electron chi connectivity index (χ2n) is 5.62. The minimum Gasteiger partial charge on any atom is -0.364 e. The van der Waals surface area contributed by atoms with Gasteiger partial charge < -0.3 is 5.32 Å². The van der Waals surface area contributed by atoms with Gasteiger partial charge in [0, 0.05) is 17.2 Å². The van der Waals surface area contributed by atoms with Crippen LogP contribution in [0.4, 0.5) is 5.82 Å². The summed E-state index contributed by atoms with van der Waals surface area (Å²) in [7, 11) is 0. The maximum absolute atomic E-state index is 6.19. The zero-order valence-electron chi connectivity index (χ0n) is 12.1. The van der Waals surface area contributed by atoms with Crippen LogP contribution in [0.5, 0.6) is 0 Å². The standard InChI is InChI=1S/C14H18ClN5/c1-9-11(15)19-13(14(2,3)4)20-12(9)17-7-10-5-6-16-8-18-10/h5-6,8H,7H2,1-4H3,(H,17,19,20). The molecule has 6 heteroatoms. The second-order valence-corrected chi connectivity index (χ2v) is 5.97. The monoisotopic (exact) mass is 291 g/mol. The van der Waals surface area contributed by atoms with E-state index in [-0.39, 0.29) is 5.41 Å². The van der Waals surface area contributed by atoms with Crippen LogP contribution in [-0.2, 0) is 12.0 Å². The molecule has 2 aromatic heterocycles. The van der Waals surface area contributed by atoms with Crippen molar-refractivity contribution in [1.82, 2.24) is 19.9 Å². The highest BCUT2D eigenvalue weighted by Gasteiger charge is 2.20. The predicted molar refractivity (Wildman–Crippen MR) is 79.8 cm³/mol. The van der Waals surface area contributed by atoms with E-state index in [2.05, 4.69) is 46.0 Å². The minimum atomic E-state index is -0.150. The lowest BCUT2D eigenvalue weighted by Gasteiger charge is -2.19. The fourth-order valence-electron chi connectivity index (χ4n) is 1.59. The van der Waals surface area contributed by atoms with Crippen molar-refractivity contribution in [2.24, 2.45) is 0 Å². The lowest BCUT2D eigenvalue weighted by molar-refractivity contribution is 0.545. The van der Waals surface area contributed by atoms with Gasteiger partial charge in [-0.25, -0.2) is 19.9 Å². The van der Waals surface area contributed by atoms with Gasteiger partial charge in [-0.2, -0.15) is 0 Å². The Bertz CT molecular complexity index is 593. The Kier molecular flexibility index (Phi) is 4.18. The summed E-state index contributed by atoms with van der Waals surface area (Å²) in [6.45, 7) is 8.64. The molecule has 0 aliphatic rings. The number of hydrogen-bond acceptors (Lipinski definition) is 5. The molecule has 0 aromatic carbocycles. The summed E-state index contributed by atoms with van der Waals surface area (Å²) < 4.78 is 0. The van der Waals surface area contributed by atoms with Crippen molar-refractivity contribution >= 4 is 17.4 Å². The molecule has 1 N–H and O–H groups in total. The number of nitrogens with one attached hydrogen (secondary N) is 1. The highest BCUT2D eigenvalue weighted by atomic mass is 35.5. The van der Waals surface area contributed by atoms with E-state index < -0.39 is 0 Å². The molecule has 0 unspecified atom stereocenters. The van der Waals surface area contributed by atoms with E-state index in [0.717, 1.165) is 22.9 Å². The molecule has 0 radical (unpaired) electrons. The lowest BCUT2D eigenvalue weighted by atomic mass is 9.95. The second kappa shape index (κ2) is 5.71. The zero-order chi connectivity index (χ0) is 14.8. The summed E-state index contributed by atoms with van der Waals surface area (Å²) in [6.07, 6.45) is 3.24. The number of anilines is 1. The summed E-state index contributed by atoms with van der Waals surface area (Å²) in [4.78, 5) is 17.0. The van der Waals surface area contributed by atoms with Crippen LogP contribution < -0.4 is 5.32 Å². The van der Waals surface area contributed by atoms with Gasteiger partial charge in [-0.3, -0.25) is 0 Å². The molecule has 0 aliphatic carbocycles. The van der Waals surface area contributed by atoms with E-state index in [0.29, 0.717) is 11.7 Å². The maximum Gasteiger partial charge on any atom is 0.137 e. The summed E-state index contributed by atoms with van der Waals surface area (Å²) >= 11 is 6.19. The first-order valence-electron chi connectivity index (χ1n) is 6.41. The van der Waals surface area contributed by atoms with Crippen LogP contribution in [0, 0.1) is 6.92 Å². The van der Waals surface area contributed by atoms with Crippen LogP contribution in [0.2, 0.25) is 5.15 Å². The first-order valence-corrected chi connectivity index (χ1v) is 6.79. The highest BCUT2D eigenvalue weighted by Crippen LogP contribution is 2.26. The minimum absolute atomic E-state index is 0.150. The van der Waals surface area contributed by atoms with Crippen LogP contribution in [0.1, 0.15) is 37.9 Å². The van der Waals surface area contributed by atoms with E-state index in [1.807, 2.05) is 13.0 Å². The molecule has 2 rings (SSSR count). The van der Waals surface area contributed by atoms with Crippen molar-refractivity contribution in [1.29, 1.82) is 0 Å². The Balaban J connectivity index is 2.25. The van der Waals surface area contributed by atoms with Crippen molar-refractivity contribution < 1.29 is 0 Å². The highest BCUT2D eigenvalue weighted by molar-refractivity contribution is 6.30. The quantitative estimate of drug-likeness (QED) is 0.880. The van der Waals surface area contributed by atoms with E-state index in [1.165, 1.54) is 6.33 Å². The Hall–Kier alpha value is -1.75. The third-order valence-electron chi connectivity index (χ3n) is 2.84. The molecular formula is C14H18ClN5. The molecule has 20 heavy (non-hydrogen) atoms. The molecule has 0 bridgehead atoms. The molecule has 0 spiro atoms. The Morgan fingerprint density at radius 2 is 2.00 bits per heavy atom. The molecular weight excluding hydrogens is 274 g/mol. The molecule has 2 aromatic rings. The fourth-order valence-corrected chi connectivity index (χ4v) is 1.76. The predicted octanol–water partition coefficient (Wildman–Crippen LogP) is 3.14. The fraction of sp³-hybridized carbons (Fsp3) is 0.429. The average Bonchev–Trinajstić information content (AvgIpc) is 2.40. The average molecular weight is 292 g/mol. The third-order valence-corrected chi connectivity index (χ3v) is 3.21. The van der Waals surface area contributed by atoms with E-state index >= 15 is 0 Å². The molecule has 0 fully saturated rings. The molecule has 106 valence electrons. The van der Waals surface area contributed by atoms with Gasteiger partial charge in [0.1, 0.15) is 23.1 Å². The van der Waals surface area contributed by atoms with Crippen LogP contribution in [0.15, 0.2) is 18.6 Å². The van der Waals surface area contributed by atoms with Gasteiger partial charge in [-0.15, -0.1) is 0 Å². The summed E-state index contributed by atoms with van der Waals surface area (Å²) in [5.41, 5.74) is 1.59. The molecule has 0 aliphatic heterocycles. The van der Waals surface area contributed by atoms with Crippen molar-refractivity contribution in [2.75, 3.05) is 5.32 Å². The van der Waals surface area contributed by atoms with Crippen LogP contribution in [0.25, 0.3) is 0 Å². The summed E-state index contributed by atoms with van der Waals surface area (Å²) in [5, 5.41) is 3.74. The van der Waals surface area contributed by atoms with Gasteiger partial charge in [0.05, 0.1) is 12.2 Å². The third kappa shape index (κ3) is 3.42. The van der Waals surface area contributed by atoms with Gasteiger partial charge in [0.25, 0.3) is 0 Å². The lowest BCUT2D eigenvalue weighted by Crippen LogP contribution is -2.18. The van der Waals surface area contributed by atoms with Gasteiger partial charge in [0.15, 0.2) is 0 Å². The van der Waals surface area contributed by atoms with Crippen molar-refractivity contribution in [2.45, 2.75) is 39.7 Å². The SMILES string of the molecule is Cc1c(Cl)nc(C(C)(C)C)nc1NCc1ccncn1. The molecule has 2 heterocycles. The first kappa shape index (κ1) is 14.7. The zero-order valence-corrected chi connectivity index (χ0v) is 12.9. The van der Waals surface area contributed by atoms with Crippen molar-refractivity contribution in [3.8, 4) is 0 Å². The van der Waals surface area contributed by atoms with E-state index in [9.17, 15) is 0 Å². The Labute approximate surface area is 123 Å². The van der Waals surface area contributed by atoms with Crippen LogP contribution >= 0.6 is 11.6 Å². The number of halogens is 1. The Morgan fingerprint density at radius 1 is 1.25 bits per heavy atom. The molecule has 0 saturated carbocycles. The van der Waals surface area contributed by atoms with Gasteiger partial charge in [0.2, 0.25) is 0 Å². The number of aromatic nitrogens is 4. The molecule has 0 amide bonds. The number of nitrogens with zero attached hydrogens (tertiary/aromatic N) is 4. The number of rotatable bonds is 3. The smallest absolute Gasteiger partial charge is 0.137 e. The van der Waals surface area contributed by atoms with Crippen LogP contribution in [-0.4, -0.2) is 19.9 Å². The van der Waals surface area contributed by atoms with Crippen molar-refractivity contribution in [3.05, 3.63) is 40.8 Å². The first-order chi connectivity index (χ1) is 9.38. The Morgan fingerprint density at radius 3 is 2.60 bits per heavy atom. The number of hydrogen-bond donors (Lipinski definition) is 1. The summed E-state index contributed by atoms with van der Waals surface area (Å²) in [5.74, 6) is 1.46. The maximum atomic E-state index is 6.19. The van der Waals surface area contributed by atoms with Crippen LogP contribution in [0.3, 0.4) is 0 Å². The molecule has 5 nitrogen and oxygen atoms in total. The van der Waals surface area contributed by atoms with E-state index in [4.69, 9.17) is 11.6 Å². The topological polar surface area (TPSA) is 63.6 Å². The van der Waals surface area contributed by atoms with Gasteiger partial charge in [-0.1, -0.05) is 32.4 Å². The summed E-state index contributed by atoms with van der Waals surface area (Å²) in [6, 6.07) is 1.86. The molecule has 0 atom stereocenters. The normalized spacial score (nSPS) is 11.4.